The van der Waals surface area contributed by atoms with Crippen LogP contribution in [0.15, 0.2) is 0 Å². The molecule has 0 bridgehead atoms. The Morgan fingerprint density at radius 3 is 2.11 bits per heavy atom. The van der Waals surface area contributed by atoms with Crippen LogP contribution in [0.5, 0.6) is 0 Å². The predicted octanol–water partition coefficient (Wildman–Crippen LogP) is -0.205. The molecule has 1 heteroatoms. The van der Waals surface area contributed by atoms with Crippen molar-refractivity contribution < 1.29 is 51.4 Å². The summed E-state index contributed by atoms with van der Waals surface area (Å²) >= 11 is 0. The molecule has 0 saturated heterocycles. The second-order valence-electron chi connectivity index (χ2n) is 3.44. The van der Waals surface area contributed by atoms with Gasteiger partial charge in [-0.25, -0.2) is 0 Å². The van der Waals surface area contributed by atoms with Crippen LogP contribution < -0.4 is 51.4 Å². The average molecular weight is 150 g/mol. The Labute approximate surface area is 101 Å². The zero-order chi connectivity index (χ0) is 6.04. The Morgan fingerprint density at radius 1 is 1.22 bits per heavy atom. The molecule has 0 atom stereocenters. The quantitative estimate of drug-likeness (QED) is 0.331. The van der Waals surface area contributed by atoms with E-state index in [1.54, 1.807) is 0 Å². The van der Waals surface area contributed by atoms with Gasteiger partial charge in [-0.05, 0) is 0 Å². The molecule has 0 radical (unpaired) electrons. The van der Waals surface area contributed by atoms with E-state index < -0.39 is 0 Å². The van der Waals surface area contributed by atoms with E-state index in [9.17, 15) is 0 Å². The van der Waals surface area contributed by atoms with E-state index in [0.717, 1.165) is 0 Å². The third kappa shape index (κ3) is 4.15. The van der Waals surface area contributed by atoms with E-state index in [2.05, 4.69) is 20.3 Å². The Bertz CT molecular complexity index is 68.6. The van der Waals surface area contributed by atoms with Crippen LogP contribution >= 0.6 is 0 Å². The van der Waals surface area contributed by atoms with Gasteiger partial charge in [-0.3, -0.25) is 0 Å². The summed E-state index contributed by atoms with van der Waals surface area (Å²) in [7, 11) is 0. The minimum absolute atomic E-state index is 0. The fourth-order valence-electron chi connectivity index (χ4n) is 1.32. The summed E-state index contributed by atoms with van der Waals surface area (Å²) in [4.78, 5) is 0. The molecule has 0 aliphatic heterocycles. The summed E-state index contributed by atoms with van der Waals surface area (Å²) in [6.07, 6.45) is 8.05. The molecule has 0 aromatic heterocycles. The molecule has 0 amide bonds. The van der Waals surface area contributed by atoms with Gasteiger partial charge in [-0.2, -0.15) is 11.8 Å². The molecule has 1 fully saturated rings. The number of hydrogen-bond acceptors (Lipinski definition) is 0. The van der Waals surface area contributed by atoms with Crippen molar-refractivity contribution >= 4 is 0 Å². The van der Waals surface area contributed by atoms with Gasteiger partial charge in [-0.15, -0.1) is 0 Å². The van der Waals surface area contributed by atoms with Crippen LogP contribution in [0.1, 0.15) is 39.5 Å². The predicted molar refractivity (Wildman–Crippen MR) is 36.5 cm³/mol. The largest absolute Gasteiger partial charge is 1.00 e. The summed E-state index contributed by atoms with van der Waals surface area (Å²) in [5, 5.41) is 0. The third-order valence-electron chi connectivity index (χ3n) is 1.97. The first-order valence-electron chi connectivity index (χ1n) is 3.55. The first-order chi connectivity index (χ1) is 3.71. The van der Waals surface area contributed by atoms with E-state index in [0.29, 0.717) is 5.41 Å². The van der Waals surface area contributed by atoms with E-state index in [1.807, 2.05) is 0 Å². The fraction of sp³-hybridized carbons (Fsp3) is 0.875. The van der Waals surface area contributed by atoms with Crippen molar-refractivity contribution in [2.45, 2.75) is 39.5 Å². The van der Waals surface area contributed by atoms with Gasteiger partial charge in [-0.1, -0.05) is 33.1 Å². The number of rotatable bonds is 0. The summed E-state index contributed by atoms with van der Waals surface area (Å²) < 4.78 is 0. The summed E-state index contributed by atoms with van der Waals surface area (Å²) in [5.41, 5.74) is 0.554. The summed E-state index contributed by atoms with van der Waals surface area (Å²) in [5.74, 6) is 0. The maximum absolute atomic E-state index is 2.45. The van der Waals surface area contributed by atoms with Crippen molar-refractivity contribution in [1.29, 1.82) is 0 Å². The molecule has 0 aromatic carbocycles. The van der Waals surface area contributed by atoms with Gasteiger partial charge >= 0.3 is 51.4 Å². The second kappa shape index (κ2) is 4.50. The van der Waals surface area contributed by atoms with Crippen molar-refractivity contribution in [3.05, 3.63) is 6.42 Å². The monoisotopic (exact) mass is 150 g/mol. The standard InChI is InChI=1S/C8H15.K/c1-8(2)6-4-3-5-7-8;/h6H,3-5,7H2,1-2H3;/q-1;+1. The SMILES string of the molecule is CC1(C)[CH-]CCCC1.[K+]. The van der Waals surface area contributed by atoms with Gasteiger partial charge in [0.15, 0.2) is 0 Å². The van der Waals surface area contributed by atoms with Crippen LogP contribution in [0.4, 0.5) is 0 Å². The van der Waals surface area contributed by atoms with Crippen LogP contribution in [0.3, 0.4) is 0 Å². The molecule has 1 rings (SSSR count). The van der Waals surface area contributed by atoms with Crippen LogP contribution in [0.2, 0.25) is 0 Å². The molecule has 1 saturated carbocycles. The second-order valence-corrected chi connectivity index (χ2v) is 3.44. The summed E-state index contributed by atoms with van der Waals surface area (Å²) in [6, 6.07) is 0. The molecule has 0 nitrogen and oxygen atoms in total. The van der Waals surface area contributed by atoms with Crippen LogP contribution in [-0.2, 0) is 0 Å². The van der Waals surface area contributed by atoms with Gasteiger partial charge in [0.2, 0.25) is 0 Å². The molecular formula is C8H15K. The van der Waals surface area contributed by atoms with Crippen molar-refractivity contribution in [1.82, 2.24) is 0 Å². The van der Waals surface area contributed by atoms with E-state index in [1.165, 1.54) is 25.7 Å². The van der Waals surface area contributed by atoms with Crippen molar-refractivity contribution in [2.75, 3.05) is 0 Å². The van der Waals surface area contributed by atoms with Crippen molar-refractivity contribution in [3.8, 4) is 0 Å². The molecule has 0 N–H and O–H groups in total. The smallest absolute Gasteiger partial charge is 0.323 e. The van der Waals surface area contributed by atoms with Crippen molar-refractivity contribution in [3.63, 3.8) is 0 Å². The molecular weight excluding hydrogens is 135 g/mol. The molecule has 0 spiro atoms. The zero-order valence-corrected chi connectivity index (χ0v) is 10.0. The molecule has 0 aromatic rings. The first kappa shape index (κ1) is 10.6. The molecule has 0 heterocycles. The van der Waals surface area contributed by atoms with Gasteiger partial charge in [0.1, 0.15) is 0 Å². The maximum Gasteiger partial charge on any atom is 1.00 e. The van der Waals surface area contributed by atoms with Gasteiger partial charge in [0, 0.05) is 0 Å². The minimum atomic E-state index is 0. The Kier molecular flexibility index (Phi) is 5.32. The average Bonchev–Trinajstić information content (AvgIpc) is 1.65. The normalized spacial score (nSPS) is 24.7. The Morgan fingerprint density at radius 2 is 1.89 bits per heavy atom. The van der Waals surface area contributed by atoms with Crippen LogP contribution in [0, 0.1) is 11.8 Å². The van der Waals surface area contributed by atoms with Crippen LogP contribution in [0.25, 0.3) is 0 Å². The molecule has 9 heavy (non-hydrogen) atoms. The zero-order valence-electron chi connectivity index (χ0n) is 6.91. The first-order valence-corrected chi connectivity index (χ1v) is 3.55. The van der Waals surface area contributed by atoms with Gasteiger partial charge in [0.05, 0.1) is 0 Å². The third-order valence-corrected chi connectivity index (χ3v) is 1.97. The van der Waals surface area contributed by atoms with Crippen LogP contribution in [-0.4, -0.2) is 0 Å². The molecule has 1 aliphatic rings. The topological polar surface area (TPSA) is 0 Å². The maximum atomic E-state index is 2.45. The minimum Gasteiger partial charge on any atom is -0.323 e. The number of hydrogen-bond donors (Lipinski definition) is 0. The van der Waals surface area contributed by atoms with Gasteiger partial charge < -0.3 is 6.42 Å². The Balaban J connectivity index is 0.000000640. The fourth-order valence-corrected chi connectivity index (χ4v) is 1.32. The molecule has 48 valence electrons. The van der Waals surface area contributed by atoms with E-state index in [-0.39, 0.29) is 51.4 Å². The molecule has 1 aliphatic carbocycles. The van der Waals surface area contributed by atoms with E-state index >= 15 is 0 Å². The molecule has 0 unspecified atom stereocenters. The van der Waals surface area contributed by atoms with Crippen molar-refractivity contribution in [2.24, 2.45) is 5.41 Å². The van der Waals surface area contributed by atoms with E-state index in [4.69, 9.17) is 0 Å². The van der Waals surface area contributed by atoms with Gasteiger partial charge in [0.25, 0.3) is 0 Å². The Hall–Kier alpha value is 1.64. The summed E-state index contributed by atoms with van der Waals surface area (Å²) in [6.45, 7) is 4.65.